The van der Waals surface area contributed by atoms with Gasteiger partial charge in [0.1, 0.15) is 4.99 Å². The van der Waals surface area contributed by atoms with Crippen molar-refractivity contribution in [1.29, 1.82) is 0 Å². The van der Waals surface area contributed by atoms with Crippen molar-refractivity contribution in [3.8, 4) is 0 Å². The highest BCUT2D eigenvalue weighted by Gasteiger charge is 2.21. The van der Waals surface area contributed by atoms with Crippen LogP contribution in [-0.2, 0) is 14.8 Å². The van der Waals surface area contributed by atoms with Gasteiger partial charge in [-0.05, 0) is 43.9 Å². The van der Waals surface area contributed by atoms with Gasteiger partial charge in [-0.3, -0.25) is 0 Å². The molecule has 3 N–H and O–H groups in total. The predicted octanol–water partition coefficient (Wildman–Crippen LogP) is 1.48. The Hall–Kier alpha value is -1.02. The molecular formula is C14H20N2O3S2. The van der Waals surface area contributed by atoms with Gasteiger partial charge in [0.2, 0.25) is 10.0 Å². The third-order valence-electron chi connectivity index (χ3n) is 3.52. The first-order valence-corrected chi connectivity index (χ1v) is 8.81. The lowest BCUT2D eigenvalue weighted by Crippen LogP contribution is -2.35. The molecule has 5 nitrogen and oxygen atoms in total. The van der Waals surface area contributed by atoms with Crippen LogP contribution in [0.2, 0.25) is 0 Å². The van der Waals surface area contributed by atoms with Gasteiger partial charge in [0.15, 0.2) is 0 Å². The van der Waals surface area contributed by atoms with Crippen LogP contribution in [0.1, 0.15) is 30.4 Å². The molecule has 1 aromatic rings. The highest BCUT2D eigenvalue weighted by Crippen LogP contribution is 2.18. The number of rotatable bonds is 5. The molecule has 0 aliphatic carbocycles. The monoisotopic (exact) mass is 328 g/mol. The number of hydrogen-bond donors (Lipinski definition) is 2. The summed E-state index contributed by atoms with van der Waals surface area (Å²) in [6, 6.07) is 4.85. The summed E-state index contributed by atoms with van der Waals surface area (Å²) in [5, 5.41) is 0. The minimum absolute atomic E-state index is 0.0373. The maximum absolute atomic E-state index is 12.3. The number of hydrogen-bond acceptors (Lipinski definition) is 4. The Morgan fingerprint density at radius 2 is 2.24 bits per heavy atom. The molecule has 1 aliphatic rings. The fraction of sp³-hybridized carbons (Fsp3) is 0.500. The molecule has 0 aromatic heterocycles. The Bertz CT molecular complexity index is 623. The standard InChI is InChI=1S/C14H20N2O3S2/c1-10-8-11(14(15)20)5-6-13(10)21(17,18)16-9-12-4-2-3-7-19-12/h5-6,8,12,16H,2-4,7,9H2,1H3,(H2,15,20). The number of nitrogens with one attached hydrogen (secondary N) is 1. The molecule has 7 heteroatoms. The summed E-state index contributed by atoms with van der Waals surface area (Å²) in [5.74, 6) is 0. The second-order valence-electron chi connectivity index (χ2n) is 5.19. The molecule has 0 spiro atoms. The molecule has 1 unspecified atom stereocenters. The van der Waals surface area contributed by atoms with Crippen LogP contribution < -0.4 is 10.5 Å². The Balaban J connectivity index is 2.10. The third-order valence-corrected chi connectivity index (χ3v) is 5.34. The molecular weight excluding hydrogens is 308 g/mol. The number of sulfonamides is 1. The topological polar surface area (TPSA) is 81.4 Å². The molecule has 0 saturated carbocycles. The quantitative estimate of drug-likeness (QED) is 0.800. The van der Waals surface area contributed by atoms with E-state index >= 15 is 0 Å². The van der Waals surface area contributed by atoms with Crippen molar-refractivity contribution in [2.24, 2.45) is 5.73 Å². The van der Waals surface area contributed by atoms with Gasteiger partial charge < -0.3 is 10.5 Å². The lowest BCUT2D eigenvalue weighted by molar-refractivity contribution is 0.0200. The number of thiocarbonyl (C=S) groups is 1. The molecule has 21 heavy (non-hydrogen) atoms. The molecule has 0 radical (unpaired) electrons. The van der Waals surface area contributed by atoms with Crippen molar-refractivity contribution in [3.63, 3.8) is 0 Å². The van der Waals surface area contributed by atoms with E-state index in [1.807, 2.05) is 0 Å². The summed E-state index contributed by atoms with van der Waals surface area (Å²) in [5.41, 5.74) is 6.83. The Labute approximate surface area is 130 Å². The lowest BCUT2D eigenvalue weighted by atomic mass is 10.1. The molecule has 2 rings (SSSR count). The van der Waals surface area contributed by atoms with Crippen molar-refractivity contribution in [2.75, 3.05) is 13.2 Å². The molecule has 0 amide bonds. The highest BCUT2D eigenvalue weighted by atomic mass is 32.2. The summed E-state index contributed by atoms with van der Waals surface area (Å²) in [6.45, 7) is 2.74. The first kappa shape index (κ1) is 16.4. The average Bonchev–Trinajstić information content (AvgIpc) is 2.46. The van der Waals surface area contributed by atoms with E-state index in [2.05, 4.69) is 4.72 Å². The third kappa shape index (κ3) is 4.23. The molecule has 1 aromatic carbocycles. The normalized spacial score (nSPS) is 19.4. The van der Waals surface area contributed by atoms with Gasteiger partial charge in [-0.15, -0.1) is 0 Å². The number of ether oxygens (including phenoxy) is 1. The summed E-state index contributed by atoms with van der Waals surface area (Å²) < 4.78 is 32.8. The molecule has 0 bridgehead atoms. The maximum Gasteiger partial charge on any atom is 0.240 e. The van der Waals surface area contributed by atoms with E-state index in [-0.39, 0.29) is 16.0 Å². The zero-order valence-corrected chi connectivity index (χ0v) is 13.6. The van der Waals surface area contributed by atoms with Crippen molar-refractivity contribution < 1.29 is 13.2 Å². The van der Waals surface area contributed by atoms with E-state index in [1.165, 1.54) is 6.07 Å². The predicted molar refractivity (Wildman–Crippen MR) is 85.8 cm³/mol. The second kappa shape index (κ2) is 6.83. The smallest absolute Gasteiger partial charge is 0.240 e. The van der Waals surface area contributed by atoms with Crippen molar-refractivity contribution in [2.45, 2.75) is 37.2 Å². The Kier molecular flexibility index (Phi) is 5.32. The molecule has 1 aliphatic heterocycles. The van der Waals surface area contributed by atoms with E-state index in [4.69, 9.17) is 22.7 Å². The number of aryl methyl sites for hydroxylation is 1. The van der Waals surface area contributed by atoms with Crippen LogP contribution in [0.25, 0.3) is 0 Å². The van der Waals surface area contributed by atoms with Crippen LogP contribution in [0, 0.1) is 6.92 Å². The first-order chi connectivity index (χ1) is 9.90. The minimum Gasteiger partial charge on any atom is -0.389 e. The van der Waals surface area contributed by atoms with Gasteiger partial charge in [0.05, 0.1) is 11.0 Å². The summed E-state index contributed by atoms with van der Waals surface area (Å²) in [4.78, 5) is 0.504. The van der Waals surface area contributed by atoms with Crippen molar-refractivity contribution >= 4 is 27.2 Å². The largest absolute Gasteiger partial charge is 0.389 e. The van der Waals surface area contributed by atoms with E-state index in [0.29, 0.717) is 24.3 Å². The van der Waals surface area contributed by atoms with Crippen LogP contribution in [-0.4, -0.2) is 32.7 Å². The van der Waals surface area contributed by atoms with Crippen LogP contribution in [0.5, 0.6) is 0 Å². The highest BCUT2D eigenvalue weighted by molar-refractivity contribution is 7.89. The maximum atomic E-state index is 12.3. The van der Waals surface area contributed by atoms with Gasteiger partial charge >= 0.3 is 0 Å². The molecule has 1 fully saturated rings. The summed E-state index contributed by atoms with van der Waals surface area (Å²) >= 11 is 4.89. The summed E-state index contributed by atoms with van der Waals surface area (Å²) in [7, 11) is -3.55. The van der Waals surface area contributed by atoms with Crippen molar-refractivity contribution in [3.05, 3.63) is 29.3 Å². The zero-order chi connectivity index (χ0) is 15.5. The Morgan fingerprint density at radius 1 is 1.48 bits per heavy atom. The SMILES string of the molecule is Cc1cc(C(N)=S)ccc1S(=O)(=O)NCC1CCCCO1. The molecule has 116 valence electrons. The van der Waals surface area contributed by atoms with Crippen LogP contribution in [0.4, 0.5) is 0 Å². The van der Waals surface area contributed by atoms with E-state index in [1.54, 1.807) is 19.1 Å². The fourth-order valence-electron chi connectivity index (χ4n) is 2.35. The first-order valence-electron chi connectivity index (χ1n) is 6.92. The van der Waals surface area contributed by atoms with Crippen LogP contribution >= 0.6 is 12.2 Å². The zero-order valence-electron chi connectivity index (χ0n) is 12.0. The van der Waals surface area contributed by atoms with Crippen LogP contribution in [0.3, 0.4) is 0 Å². The van der Waals surface area contributed by atoms with E-state index < -0.39 is 10.0 Å². The Morgan fingerprint density at radius 3 is 2.81 bits per heavy atom. The molecule has 1 saturated heterocycles. The van der Waals surface area contributed by atoms with Gasteiger partial charge in [-0.25, -0.2) is 13.1 Å². The van der Waals surface area contributed by atoms with E-state index in [0.717, 1.165) is 19.3 Å². The lowest BCUT2D eigenvalue weighted by Gasteiger charge is -2.22. The van der Waals surface area contributed by atoms with Crippen LogP contribution in [0.15, 0.2) is 23.1 Å². The molecule has 1 atom stereocenters. The average molecular weight is 328 g/mol. The number of nitrogens with two attached hydrogens (primary N) is 1. The number of benzene rings is 1. The fourth-order valence-corrected chi connectivity index (χ4v) is 3.77. The van der Waals surface area contributed by atoms with E-state index in [9.17, 15) is 8.42 Å². The van der Waals surface area contributed by atoms with Gasteiger partial charge in [0.25, 0.3) is 0 Å². The summed E-state index contributed by atoms with van der Waals surface area (Å²) in [6.07, 6.45) is 2.98. The molecule has 1 heterocycles. The van der Waals surface area contributed by atoms with Crippen molar-refractivity contribution in [1.82, 2.24) is 4.72 Å². The van der Waals surface area contributed by atoms with Gasteiger partial charge in [-0.2, -0.15) is 0 Å². The van der Waals surface area contributed by atoms with Gasteiger partial charge in [0, 0.05) is 18.7 Å². The van der Waals surface area contributed by atoms with Gasteiger partial charge in [-0.1, -0.05) is 18.3 Å². The minimum atomic E-state index is -3.55. The second-order valence-corrected chi connectivity index (χ2v) is 7.36.